The molecule has 1 atom stereocenters. The van der Waals surface area contributed by atoms with Crippen LogP contribution in [0, 0.1) is 5.82 Å². The summed E-state index contributed by atoms with van der Waals surface area (Å²) in [4.78, 5) is 20.4. The van der Waals surface area contributed by atoms with Gasteiger partial charge in [0, 0.05) is 36.6 Å². The Hall–Kier alpha value is -3.38. The molecule has 2 heterocycles. The quantitative estimate of drug-likeness (QED) is 0.450. The fourth-order valence-electron chi connectivity index (χ4n) is 3.21. The average molecular weight is 511 g/mol. The zero-order valence-electron chi connectivity index (χ0n) is 18.7. The lowest BCUT2D eigenvalue weighted by atomic mass is 9.98. The van der Waals surface area contributed by atoms with Gasteiger partial charge in [-0.15, -0.1) is 0 Å². The van der Waals surface area contributed by atoms with Crippen molar-refractivity contribution in [2.45, 2.75) is 32.1 Å². The first-order chi connectivity index (χ1) is 16.3. The van der Waals surface area contributed by atoms with Crippen LogP contribution in [0.3, 0.4) is 0 Å². The fourth-order valence-corrected chi connectivity index (χ4v) is 3.63. The van der Waals surface area contributed by atoms with Gasteiger partial charge in [0.1, 0.15) is 11.5 Å². The van der Waals surface area contributed by atoms with Crippen LogP contribution in [0.2, 0.25) is 0 Å². The van der Waals surface area contributed by atoms with E-state index in [-0.39, 0.29) is 24.3 Å². The standard InChI is InChI=1S/C23H22F4N4O3S/c1-14(15-5-6-16(19(24)10-15)13-30-35(2,33)34)22(32)29-12-18-7-8-20(23(25,26)27)31-21(18)17-4-3-9-28-11-17/h3-11,14,30H,12-13H2,1-2H3,(H,29,32). The summed E-state index contributed by atoms with van der Waals surface area (Å²) in [6.45, 7) is 1.20. The summed E-state index contributed by atoms with van der Waals surface area (Å²) in [5, 5.41) is 2.65. The van der Waals surface area contributed by atoms with Gasteiger partial charge in [0.2, 0.25) is 15.9 Å². The molecule has 186 valence electrons. The van der Waals surface area contributed by atoms with Crippen molar-refractivity contribution in [2.75, 3.05) is 6.26 Å². The predicted molar refractivity (Wildman–Crippen MR) is 121 cm³/mol. The first-order valence-corrected chi connectivity index (χ1v) is 12.2. The highest BCUT2D eigenvalue weighted by Crippen LogP contribution is 2.31. The van der Waals surface area contributed by atoms with Crippen molar-refractivity contribution in [2.24, 2.45) is 0 Å². The molecule has 0 aliphatic carbocycles. The predicted octanol–water partition coefficient (Wildman–Crippen LogP) is 3.77. The van der Waals surface area contributed by atoms with E-state index >= 15 is 0 Å². The summed E-state index contributed by atoms with van der Waals surface area (Å²) < 4.78 is 78.5. The normalized spacial score (nSPS) is 12.9. The van der Waals surface area contributed by atoms with Crippen molar-refractivity contribution in [1.82, 2.24) is 20.0 Å². The van der Waals surface area contributed by atoms with Gasteiger partial charge >= 0.3 is 6.18 Å². The molecule has 0 aliphatic heterocycles. The molecule has 0 saturated heterocycles. The molecule has 0 aliphatic rings. The Kier molecular flexibility index (Phi) is 7.86. The van der Waals surface area contributed by atoms with E-state index in [0.29, 0.717) is 16.7 Å². The SMILES string of the molecule is CC(C(=O)NCc1ccc(C(F)(F)F)nc1-c1cccnc1)c1ccc(CNS(C)(=O)=O)c(F)c1. The second kappa shape index (κ2) is 10.5. The maximum atomic E-state index is 14.4. The summed E-state index contributed by atoms with van der Waals surface area (Å²) in [5.41, 5.74) is 0.136. The van der Waals surface area contributed by atoms with Crippen LogP contribution in [0.15, 0.2) is 54.9 Å². The van der Waals surface area contributed by atoms with E-state index in [4.69, 9.17) is 0 Å². The van der Waals surface area contributed by atoms with Gasteiger partial charge < -0.3 is 5.32 Å². The van der Waals surface area contributed by atoms with E-state index in [1.807, 2.05) is 0 Å². The number of hydrogen-bond acceptors (Lipinski definition) is 5. The van der Waals surface area contributed by atoms with Crippen molar-refractivity contribution in [3.05, 3.63) is 83.1 Å². The number of nitrogens with zero attached hydrogens (tertiary/aromatic N) is 2. The van der Waals surface area contributed by atoms with Gasteiger partial charge in [-0.3, -0.25) is 9.78 Å². The van der Waals surface area contributed by atoms with Crippen LogP contribution in [0.1, 0.15) is 35.2 Å². The number of aromatic nitrogens is 2. The van der Waals surface area contributed by atoms with E-state index in [2.05, 4.69) is 20.0 Å². The number of carbonyl (C=O) groups is 1. The molecule has 0 spiro atoms. The fraction of sp³-hybridized carbons (Fsp3) is 0.261. The Morgan fingerprint density at radius 1 is 1.09 bits per heavy atom. The maximum Gasteiger partial charge on any atom is 0.433 e. The zero-order chi connectivity index (χ0) is 25.8. The first kappa shape index (κ1) is 26.2. The van der Waals surface area contributed by atoms with Crippen molar-refractivity contribution in [3.63, 3.8) is 0 Å². The number of pyridine rings is 2. The average Bonchev–Trinajstić information content (AvgIpc) is 2.80. The van der Waals surface area contributed by atoms with Gasteiger partial charge in [-0.1, -0.05) is 18.2 Å². The van der Waals surface area contributed by atoms with Crippen LogP contribution < -0.4 is 10.0 Å². The van der Waals surface area contributed by atoms with Crippen molar-refractivity contribution in [1.29, 1.82) is 0 Å². The topological polar surface area (TPSA) is 101 Å². The molecule has 1 amide bonds. The Labute approximate surface area is 199 Å². The molecule has 12 heteroatoms. The maximum absolute atomic E-state index is 14.4. The molecule has 0 fully saturated rings. The first-order valence-electron chi connectivity index (χ1n) is 10.3. The summed E-state index contributed by atoms with van der Waals surface area (Å²) in [6.07, 6.45) is -0.834. The number of halogens is 4. The Morgan fingerprint density at radius 3 is 2.40 bits per heavy atom. The molecule has 1 unspecified atom stereocenters. The summed E-state index contributed by atoms with van der Waals surface area (Å²) in [5.74, 6) is -1.95. The van der Waals surface area contributed by atoms with E-state index in [1.165, 1.54) is 30.6 Å². The number of amides is 1. The van der Waals surface area contributed by atoms with E-state index in [1.54, 1.807) is 19.1 Å². The second-order valence-corrected chi connectivity index (χ2v) is 9.66. The molecule has 0 bridgehead atoms. The lowest BCUT2D eigenvalue weighted by molar-refractivity contribution is -0.141. The monoisotopic (exact) mass is 510 g/mol. The van der Waals surface area contributed by atoms with Gasteiger partial charge in [0.05, 0.1) is 17.9 Å². The highest BCUT2D eigenvalue weighted by molar-refractivity contribution is 7.88. The van der Waals surface area contributed by atoms with Gasteiger partial charge in [0.25, 0.3) is 0 Å². The van der Waals surface area contributed by atoms with Crippen molar-refractivity contribution in [3.8, 4) is 11.3 Å². The summed E-state index contributed by atoms with van der Waals surface area (Å²) in [6, 6.07) is 9.23. The van der Waals surface area contributed by atoms with Crippen LogP contribution >= 0.6 is 0 Å². The van der Waals surface area contributed by atoms with Crippen molar-refractivity contribution < 1.29 is 30.8 Å². The molecule has 35 heavy (non-hydrogen) atoms. The number of carbonyl (C=O) groups excluding carboxylic acids is 1. The van der Waals surface area contributed by atoms with Crippen LogP contribution in [-0.2, 0) is 34.1 Å². The van der Waals surface area contributed by atoms with Gasteiger partial charge in [-0.05, 0) is 42.3 Å². The molecule has 2 N–H and O–H groups in total. The van der Waals surface area contributed by atoms with Crippen molar-refractivity contribution >= 4 is 15.9 Å². The zero-order valence-corrected chi connectivity index (χ0v) is 19.5. The minimum atomic E-state index is -4.64. The molecule has 3 rings (SSSR count). The third kappa shape index (κ3) is 7.06. The molecule has 3 aromatic rings. The molecule has 7 nitrogen and oxygen atoms in total. The van der Waals surface area contributed by atoms with E-state index < -0.39 is 39.5 Å². The highest BCUT2D eigenvalue weighted by Gasteiger charge is 2.33. The number of hydrogen-bond donors (Lipinski definition) is 2. The van der Waals surface area contributed by atoms with Gasteiger partial charge in [-0.25, -0.2) is 22.5 Å². The largest absolute Gasteiger partial charge is 0.433 e. The van der Waals surface area contributed by atoms with E-state index in [9.17, 15) is 30.8 Å². The summed E-state index contributed by atoms with van der Waals surface area (Å²) >= 11 is 0. The van der Waals surface area contributed by atoms with Crippen LogP contribution in [0.25, 0.3) is 11.3 Å². The highest BCUT2D eigenvalue weighted by atomic mass is 32.2. The minimum absolute atomic E-state index is 0.0367. The number of benzene rings is 1. The minimum Gasteiger partial charge on any atom is -0.351 e. The number of sulfonamides is 1. The number of nitrogens with one attached hydrogen (secondary N) is 2. The van der Waals surface area contributed by atoms with Crippen LogP contribution in [0.5, 0.6) is 0 Å². The third-order valence-electron chi connectivity index (χ3n) is 5.15. The molecular weight excluding hydrogens is 488 g/mol. The molecule has 1 aromatic carbocycles. The third-order valence-corrected chi connectivity index (χ3v) is 5.82. The Balaban J connectivity index is 1.76. The van der Waals surface area contributed by atoms with Gasteiger partial charge in [-0.2, -0.15) is 13.2 Å². The Morgan fingerprint density at radius 2 is 1.80 bits per heavy atom. The number of alkyl halides is 3. The second-order valence-electron chi connectivity index (χ2n) is 7.83. The molecular formula is C23H22F4N4O3S. The lowest BCUT2D eigenvalue weighted by Gasteiger charge is -2.16. The van der Waals surface area contributed by atoms with E-state index in [0.717, 1.165) is 18.4 Å². The number of rotatable bonds is 8. The molecule has 0 saturated carbocycles. The van der Waals surface area contributed by atoms with Gasteiger partial charge in [0.15, 0.2) is 0 Å². The lowest BCUT2D eigenvalue weighted by Crippen LogP contribution is -2.28. The summed E-state index contributed by atoms with van der Waals surface area (Å²) in [7, 11) is -3.50. The Bertz CT molecular complexity index is 1320. The smallest absolute Gasteiger partial charge is 0.351 e. The van der Waals surface area contributed by atoms with Crippen LogP contribution in [-0.4, -0.2) is 30.5 Å². The molecule has 0 radical (unpaired) electrons. The molecule has 2 aromatic heterocycles. The van der Waals surface area contributed by atoms with Crippen LogP contribution in [0.4, 0.5) is 17.6 Å².